The van der Waals surface area contributed by atoms with Gasteiger partial charge >= 0.3 is 5.97 Å². The van der Waals surface area contributed by atoms with Crippen LogP contribution in [0.3, 0.4) is 0 Å². The van der Waals surface area contributed by atoms with Crippen LogP contribution in [0.5, 0.6) is 0 Å². The molecule has 14 heavy (non-hydrogen) atoms. The van der Waals surface area contributed by atoms with Crippen LogP contribution < -0.4 is 5.32 Å². The number of carbonyl (C=O) groups is 2. The summed E-state index contributed by atoms with van der Waals surface area (Å²) in [6.45, 7) is 2.24. The van der Waals surface area contributed by atoms with Crippen LogP contribution in [0.15, 0.2) is 0 Å². The summed E-state index contributed by atoms with van der Waals surface area (Å²) >= 11 is 1.55. The number of hydrogen-bond donors (Lipinski definition) is 1. The van der Waals surface area contributed by atoms with Gasteiger partial charge in [0, 0.05) is 12.5 Å². The van der Waals surface area contributed by atoms with Crippen LogP contribution in [0.2, 0.25) is 0 Å². The van der Waals surface area contributed by atoms with E-state index in [0.717, 1.165) is 12.2 Å². The Kier molecular flexibility index (Phi) is 4.79. The number of rotatable bonds is 6. The molecular weight excluding hydrogens is 202 g/mol. The first-order valence-corrected chi connectivity index (χ1v) is 5.90. The van der Waals surface area contributed by atoms with Crippen molar-refractivity contribution in [3.63, 3.8) is 0 Å². The minimum atomic E-state index is -0.157. The van der Waals surface area contributed by atoms with Crippen molar-refractivity contribution in [3.05, 3.63) is 0 Å². The van der Waals surface area contributed by atoms with E-state index in [0.29, 0.717) is 24.8 Å². The molecule has 1 N–H and O–H groups in total. The molecule has 0 aliphatic carbocycles. The van der Waals surface area contributed by atoms with Crippen LogP contribution in [0.4, 0.5) is 0 Å². The summed E-state index contributed by atoms with van der Waals surface area (Å²) in [5, 5.41) is 2.79. The molecule has 0 spiro atoms. The highest BCUT2D eigenvalue weighted by Gasteiger charge is 2.24. The molecule has 0 aromatic rings. The number of β-lactam (4-membered cyclic amide) rings is 1. The number of esters is 1. The molecule has 1 aliphatic heterocycles. The van der Waals surface area contributed by atoms with E-state index < -0.39 is 0 Å². The molecule has 1 fully saturated rings. The van der Waals surface area contributed by atoms with Gasteiger partial charge in [0.15, 0.2) is 0 Å². The molecule has 0 aromatic carbocycles. The van der Waals surface area contributed by atoms with Gasteiger partial charge in [-0.1, -0.05) is 0 Å². The van der Waals surface area contributed by atoms with Crippen LogP contribution in [-0.4, -0.2) is 36.0 Å². The fourth-order valence-corrected chi connectivity index (χ4v) is 2.03. The van der Waals surface area contributed by atoms with Crippen molar-refractivity contribution in [3.8, 4) is 0 Å². The van der Waals surface area contributed by atoms with Gasteiger partial charge in [0.05, 0.1) is 12.4 Å². The van der Waals surface area contributed by atoms with Gasteiger partial charge in [-0.2, -0.15) is 11.8 Å². The normalized spacial score (nSPS) is 19.8. The Hall–Kier alpha value is -0.710. The first-order valence-electron chi connectivity index (χ1n) is 4.75. The molecular formula is C9H15NO3S. The summed E-state index contributed by atoms with van der Waals surface area (Å²) in [6, 6.07) is 0.331. The highest BCUT2D eigenvalue weighted by molar-refractivity contribution is 7.99. The number of carbonyl (C=O) groups excluding carboxylic acids is 2. The summed E-state index contributed by atoms with van der Waals surface area (Å²) in [5.41, 5.74) is 0. The monoisotopic (exact) mass is 217 g/mol. The lowest BCUT2D eigenvalue weighted by Gasteiger charge is -2.26. The minimum absolute atomic E-state index is 0.130. The quantitative estimate of drug-likeness (QED) is 0.401. The number of ether oxygens (including phenoxy) is 1. The Morgan fingerprint density at radius 3 is 3.00 bits per heavy atom. The molecule has 0 radical (unpaired) electrons. The van der Waals surface area contributed by atoms with E-state index in [-0.39, 0.29) is 11.9 Å². The average molecular weight is 217 g/mol. The third-order valence-corrected chi connectivity index (χ3v) is 2.90. The summed E-state index contributed by atoms with van der Waals surface area (Å²) in [5.74, 6) is 1.28. The highest BCUT2D eigenvalue weighted by Crippen LogP contribution is 2.12. The van der Waals surface area contributed by atoms with Crippen molar-refractivity contribution in [1.29, 1.82) is 0 Å². The van der Waals surface area contributed by atoms with Crippen LogP contribution in [0.25, 0.3) is 0 Å². The predicted molar refractivity (Wildman–Crippen MR) is 55.1 cm³/mol. The molecule has 0 aromatic heterocycles. The molecule has 80 valence electrons. The SMILES string of the molecule is CCOC(=O)CSCCC1CC(=O)N1. The van der Waals surface area contributed by atoms with Crippen molar-refractivity contribution in [1.82, 2.24) is 5.32 Å². The van der Waals surface area contributed by atoms with Gasteiger partial charge in [-0.3, -0.25) is 9.59 Å². The number of amides is 1. The van der Waals surface area contributed by atoms with Crippen molar-refractivity contribution < 1.29 is 14.3 Å². The van der Waals surface area contributed by atoms with E-state index in [9.17, 15) is 9.59 Å². The second kappa shape index (κ2) is 5.90. The van der Waals surface area contributed by atoms with Crippen LogP contribution in [0.1, 0.15) is 19.8 Å². The van der Waals surface area contributed by atoms with Crippen molar-refractivity contribution in [2.75, 3.05) is 18.1 Å². The molecule has 1 unspecified atom stereocenters. The molecule has 1 amide bonds. The zero-order valence-corrected chi connectivity index (χ0v) is 9.06. The van der Waals surface area contributed by atoms with Gasteiger partial charge in [-0.25, -0.2) is 0 Å². The summed E-state index contributed by atoms with van der Waals surface area (Å²) in [4.78, 5) is 21.5. The third kappa shape index (κ3) is 4.00. The van der Waals surface area contributed by atoms with E-state index in [1.807, 2.05) is 0 Å². The third-order valence-electron chi connectivity index (χ3n) is 1.93. The maximum Gasteiger partial charge on any atom is 0.315 e. The van der Waals surface area contributed by atoms with Crippen molar-refractivity contribution in [2.45, 2.75) is 25.8 Å². The lowest BCUT2D eigenvalue weighted by molar-refractivity contribution is -0.139. The predicted octanol–water partition coefficient (Wildman–Crippen LogP) is 0.561. The first kappa shape index (κ1) is 11.4. The molecule has 4 nitrogen and oxygen atoms in total. The van der Waals surface area contributed by atoms with E-state index in [1.165, 1.54) is 0 Å². The van der Waals surface area contributed by atoms with Gasteiger partial charge < -0.3 is 10.1 Å². The fraction of sp³-hybridized carbons (Fsp3) is 0.778. The molecule has 1 aliphatic rings. The van der Waals surface area contributed by atoms with Crippen LogP contribution >= 0.6 is 11.8 Å². The lowest BCUT2D eigenvalue weighted by Crippen LogP contribution is -2.48. The van der Waals surface area contributed by atoms with Crippen molar-refractivity contribution in [2.24, 2.45) is 0 Å². The topological polar surface area (TPSA) is 55.4 Å². The second-order valence-electron chi connectivity index (χ2n) is 3.11. The van der Waals surface area contributed by atoms with E-state index >= 15 is 0 Å². The summed E-state index contributed by atoms with van der Waals surface area (Å²) < 4.78 is 4.78. The van der Waals surface area contributed by atoms with E-state index in [1.54, 1.807) is 18.7 Å². The van der Waals surface area contributed by atoms with E-state index in [2.05, 4.69) is 5.32 Å². The Balaban J connectivity index is 1.89. The molecule has 0 bridgehead atoms. The summed E-state index contributed by atoms with van der Waals surface area (Å²) in [6.07, 6.45) is 1.58. The van der Waals surface area contributed by atoms with Gasteiger partial charge in [0.2, 0.25) is 5.91 Å². The first-order chi connectivity index (χ1) is 6.72. The Morgan fingerprint density at radius 2 is 2.43 bits per heavy atom. The van der Waals surface area contributed by atoms with E-state index in [4.69, 9.17) is 4.74 Å². The molecule has 1 atom stereocenters. The molecule has 0 saturated carbocycles. The average Bonchev–Trinajstić information content (AvgIpc) is 2.09. The molecule has 5 heteroatoms. The summed E-state index contributed by atoms with van der Waals surface area (Å²) in [7, 11) is 0. The second-order valence-corrected chi connectivity index (χ2v) is 4.22. The van der Waals surface area contributed by atoms with Gasteiger partial charge in [0.25, 0.3) is 0 Å². The van der Waals surface area contributed by atoms with Crippen LogP contribution in [-0.2, 0) is 14.3 Å². The molecule has 1 rings (SSSR count). The number of hydrogen-bond acceptors (Lipinski definition) is 4. The maximum absolute atomic E-state index is 10.9. The zero-order chi connectivity index (χ0) is 10.4. The lowest BCUT2D eigenvalue weighted by atomic mass is 10.0. The maximum atomic E-state index is 10.9. The van der Waals surface area contributed by atoms with Gasteiger partial charge in [-0.05, 0) is 19.1 Å². The highest BCUT2D eigenvalue weighted by atomic mass is 32.2. The number of thioether (sulfide) groups is 1. The van der Waals surface area contributed by atoms with Crippen molar-refractivity contribution >= 4 is 23.6 Å². The van der Waals surface area contributed by atoms with Crippen LogP contribution in [0, 0.1) is 0 Å². The van der Waals surface area contributed by atoms with Gasteiger partial charge in [-0.15, -0.1) is 0 Å². The Bertz CT molecular complexity index is 212. The minimum Gasteiger partial charge on any atom is -0.465 e. The zero-order valence-electron chi connectivity index (χ0n) is 8.25. The Labute approximate surface area is 87.8 Å². The molecule has 1 heterocycles. The number of nitrogens with one attached hydrogen (secondary N) is 1. The smallest absolute Gasteiger partial charge is 0.315 e. The molecule has 1 saturated heterocycles. The standard InChI is InChI=1S/C9H15NO3S/c1-2-13-9(12)6-14-4-3-7-5-8(11)10-7/h7H,2-6H2,1H3,(H,10,11). The fourth-order valence-electron chi connectivity index (χ4n) is 1.19. The van der Waals surface area contributed by atoms with Gasteiger partial charge in [0.1, 0.15) is 0 Å². The largest absolute Gasteiger partial charge is 0.465 e. The Morgan fingerprint density at radius 1 is 1.71 bits per heavy atom.